The van der Waals surface area contributed by atoms with Crippen LogP contribution in [0.3, 0.4) is 0 Å². The van der Waals surface area contributed by atoms with Crippen molar-refractivity contribution in [1.82, 2.24) is 20.6 Å². The Balaban J connectivity index is 1.07. The highest BCUT2D eigenvalue weighted by Crippen LogP contribution is 2.32. The molecule has 0 unspecified atom stereocenters. The van der Waals surface area contributed by atoms with E-state index in [0.717, 1.165) is 55.0 Å². The van der Waals surface area contributed by atoms with E-state index in [4.69, 9.17) is 9.97 Å². The van der Waals surface area contributed by atoms with Gasteiger partial charge in [0.25, 0.3) is 0 Å². The van der Waals surface area contributed by atoms with Gasteiger partial charge in [-0.25, -0.2) is 9.97 Å². The molecule has 0 spiro atoms. The lowest BCUT2D eigenvalue weighted by atomic mass is 9.93. The maximum atomic E-state index is 13.2. The Hall–Kier alpha value is -5.24. The minimum atomic E-state index is -0.487. The molecule has 0 aliphatic heterocycles. The van der Waals surface area contributed by atoms with Crippen LogP contribution < -0.4 is 21.3 Å². The second-order valence-electron chi connectivity index (χ2n) is 12.4. The minimum absolute atomic E-state index is 0.120. The van der Waals surface area contributed by atoms with Crippen molar-refractivity contribution in [3.63, 3.8) is 0 Å². The Labute approximate surface area is 262 Å². The van der Waals surface area contributed by atoms with Crippen molar-refractivity contribution in [2.24, 2.45) is 5.41 Å². The maximum Gasteiger partial charge on any atom is 0.242 e. The zero-order valence-electron chi connectivity index (χ0n) is 26.0. The number of aromatic nitrogens is 2. The number of rotatable bonds is 10. The molecule has 0 saturated heterocycles. The van der Waals surface area contributed by atoms with E-state index in [0.29, 0.717) is 13.1 Å². The lowest BCUT2D eigenvalue weighted by molar-refractivity contribution is -0.122. The Morgan fingerprint density at radius 3 is 1.16 bits per heavy atom. The van der Waals surface area contributed by atoms with Crippen molar-refractivity contribution < 1.29 is 9.59 Å². The summed E-state index contributed by atoms with van der Waals surface area (Å²) < 4.78 is 0. The van der Waals surface area contributed by atoms with Gasteiger partial charge in [0, 0.05) is 34.6 Å². The van der Waals surface area contributed by atoms with E-state index in [1.165, 1.54) is 0 Å². The molecule has 0 bridgehead atoms. The van der Waals surface area contributed by atoms with E-state index >= 15 is 0 Å². The number of benzene rings is 4. The summed E-state index contributed by atoms with van der Waals surface area (Å²) >= 11 is 0. The monoisotopic (exact) mass is 598 g/mol. The molecule has 0 saturated carbocycles. The van der Waals surface area contributed by atoms with Gasteiger partial charge in [0.1, 0.15) is 12.1 Å². The molecule has 2 heterocycles. The lowest BCUT2D eigenvalue weighted by Crippen LogP contribution is -2.47. The SMILES string of the molecule is C[C@H](Nc1c2ccccc2nc2ccccc12)C(=O)NCC(C)(C)CNC(=O)[C@H](C)Nc1c2ccccc2nc2ccccc12. The van der Waals surface area contributed by atoms with E-state index in [9.17, 15) is 9.59 Å². The zero-order chi connectivity index (χ0) is 31.6. The average Bonchev–Trinajstić information content (AvgIpc) is 3.05. The average molecular weight is 599 g/mol. The molecule has 8 heteroatoms. The topological polar surface area (TPSA) is 108 Å². The number of carbonyl (C=O) groups is 2. The Morgan fingerprint density at radius 1 is 0.556 bits per heavy atom. The third-order valence-corrected chi connectivity index (χ3v) is 8.17. The van der Waals surface area contributed by atoms with Crippen LogP contribution in [0.2, 0.25) is 0 Å². The molecule has 45 heavy (non-hydrogen) atoms. The van der Waals surface area contributed by atoms with E-state index in [-0.39, 0.29) is 17.2 Å². The summed E-state index contributed by atoms with van der Waals surface area (Å²) in [6.07, 6.45) is 0. The summed E-state index contributed by atoms with van der Waals surface area (Å²) in [7, 11) is 0. The number of hydrogen-bond donors (Lipinski definition) is 4. The van der Waals surface area contributed by atoms with Crippen molar-refractivity contribution in [1.29, 1.82) is 0 Å². The molecule has 2 atom stereocenters. The van der Waals surface area contributed by atoms with Gasteiger partial charge >= 0.3 is 0 Å². The molecule has 2 amide bonds. The van der Waals surface area contributed by atoms with Crippen molar-refractivity contribution >= 4 is 66.8 Å². The normalized spacial score (nSPS) is 13.1. The molecule has 8 nitrogen and oxygen atoms in total. The fraction of sp³-hybridized carbons (Fsp3) is 0.243. The highest BCUT2D eigenvalue weighted by Gasteiger charge is 2.24. The highest BCUT2D eigenvalue weighted by atomic mass is 16.2. The summed E-state index contributed by atoms with van der Waals surface area (Å²) in [6, 6.07) is 30.8. The first-order valence-electron chi connectivity index (χ1n) is 15.3. The Kier molecular flexibility index (Phi) is 8.22. The quantitative estimate of drug-likeness (QED) is 0.132. The molecule has 0 aliphatic rings. The number of amides is 2. The fourth-order valence-electron chi connectivity index (χ4n) is 5.58. The van der Waals surface area contributed by atoms with Crippen LogP contribution in [0.5, 0.6) is 0 Å². The van der Waals surface area contributed by atoms with Crippen LogP contribution in [0.15, 0.2) is 97.1 Å². The molecule has 228 valence electrons. The van der Waals surface area contributed by atoms with Crippen molar-refractivity contribution in [3.05, 3.63) is 97.1 Å². The first kappa shape index (κ1) is 29.8. The lowest BCUT2D eigenvalue weighted by Gasteiger charge is -2.28. The predicted molar refractivity (Wildman–Crippen MR) is 184 cm³/mol. The summed E-state index contributed by atoms with van der Waals surface area (Å²) in [6.45, 7) is 8.56. The first-order chi connectivity index (χ1) is 21.7. The molecule has 0 radical (unpaired) electrons. The summed E-state index contributed by atoms with van der Waals surface area (Å²) in [5.74, 6) is -0.239. The van der Waals surface area contributed by atoms with E-state index in [1.54, 1.807) is 0 Å². The molecule has 2 aromatic heterocycles. The van der Waals surface area contributed by atoms with Gasteiger partial charge in [0.15, 0.2) is 0 Å². The molecular formula is C37H38N6O2. The summed E-state index contributed by atoms with van der Waals surface area (Å²) in [5, 5.41) is 16.9. The van der Waals surface area contributed by atoms with Crippen LogP contribution in [-0.4, -0.2) is 47.0 Å². The summed E-state index contributed by atoms with van der Waals surface area (Å²) in [4.78, 5) is 36.0. The second-order valence-corrected chi connectivity index (χ2v) is 12.4. The molecule has 0 fully saturated rings. The van der Waals surface area contributed by atoms with E-state index < -0.39 is 12.1 Å². The third-order valence-electron chi connectivity index (χ3n) is 8.17. The smallest absolute Gasteiger partial charge is 0.242 e. The number of hydrogen-bond acceptors (Lipinski definition) is 6. The van der Waals surface area contributed by atoms with Gasteiger partial charge in [0.05, 0.1) is 33.4 Å². The number of fused-ring (bicyclic) bond motifs is 4. The van der Waals surface area contributed by atoms with Crippen LogP contribution in [-0.2, 0) is 9.59 Å². The molecular weight excluding hydrogens is 560 g/mol. The van der Waals surface area contributed by atoms with Gasteiger partial charge in [-0.15, -0.1) is 0 Å². The van der Waals surface area contributed by atoms with Crippen LogP contribution >= 0.6 is 0 Å². The maximum absolute atomic E-state index is 13.2. The molecule has 4 aromatic carbocycles. The minimum Gasteiger partial charge on any atom is -0.373 e. The Bertz CT molecular complexity index is 1790. The number of carbonyl (C=O) groups excluding carboxylic acids is 2. The highest BCUT2D eigenvalue weighted by molar-refractivity contribution is 6.09. The second kappa shape index (κ2) is 12.4. The van der Waals surface area contributed by atoms with Crippen molar-refractivity contribution in [3.8, 4) is 0 Å². The predicted octanol–water partition coefficient (Wildman–Crippen LogP) is 6.65. The van der Waals surface area contributed by atoms with Gasteiger partial charge in [-0.05, 0) is 43.5 Å². The molecule has 4 N–H and O–H groups in total. The number of para-hydroxylation sites is 4. The number of nitrogens with zero attached hydrogens (tertiary/aromatic N) is 2. The molecule has 0 aliphatic carbocycles. The Morgan fingerprint density at radius 2 is 0.844 bits per heavy atom. The number of anilines is 2. The molecule has 6 aromatic rings. The molecule has 6 rings (SSSR count). The standard InChI is InChI=1S/C37H38N6O2/c1-23(40-33-25-13-5-9-17-29(25)42-30-18-10-6-14-26(30)33)35(44)38-21-37(3,4)22-39-36(45)24(2)41-34-27-15-7-11-19-31(27)43-32-20-12-8-16-28(32)34/h5-20,23-24H,21-22H2,1-4H3,(H,38,44)(H,39,45)(H,40,42)(H,41,43)/t23-,24-/m0/s1. The van der Waals surface area contributed by atoms with E-state index in [2.05, 4.69) is 21.3 Å². The van der Waals surface area contributed by atoms with Gasteiger partial charge in [-0.3, -0.25) is 9.59 Å². The van der Waals surface area contributed by atoms with Crippen LogP contribution in [0.1, 0.15) is 27.7 Å². The zero-order valence-corrected chi connectivity index (χ0v) is 26.0. The van der Waals surface area contributed by atoms with Crippen LogP contribution in [0, 0.1) is 5.41 Å². The van der Waals surface area contributed by atoms with Crippen LogP contribution in [0.4, 0.5) is 11.4 Å². The van der Waals surface area contributed by atoms with Crippen LogP contribution in [0.25, 0.3) is 43.6 Å². The van der Waals surface area contributed by atoms with Gasteiger partial charge < -0.3 is 21.3 Å². The first-order valence-corrected chi connectivity index (χ1v) is 15.3. The number of pyridine rings is 2. The number of nitrogens with one attached hydrogen (secondary N) is 4. The third kappa shape index (κ3) is 6.36. The fourth-order valence-corrected chi connectivity index (χ4v) is 5.58. The van der Waals surface area contributed by atoms with E-state index in [1.807, 2.05) is 125 Å². The van der Waals surface area contributed by atoms with Gasteiger partial charge in [0.2, 0.25) is 11.8 Å². The van der Waals surface area contributed by atoms with Gasteiger partial charge in [-0.2, -0.15) is 0 Å². The van der Waals surface area contributed by atoms with Crippen molar-refractivity contribution in [2.45, 2.75) is 39.8 Å². The van der Waals surface area contributed by atoms with Gasteiger partial charge in [-0.1, -0.05) is 86.6 Å². The largest absolute Gasteiger partial charge is 0.373 e. The summed E-state index contributed by atoms with van der Waals surface area (Å²) in [5.41, 5.74) is 4.89. The van der Waals surface area contributed by atoms with Crippen molar-refractivity contribution in [2.75, 3.05) is 23.7 Å².